The van der Waals surface area contributed by atoms with Crippen LogP contribution >= 0.6 is 0 Å². The van der Waals surface area contributed by atoms with Crippen LogP contribution in [0.3, 0.4) is 0 Å². The molecule has 0 atom stereocenters. The van der Waals surface area contributed by atoms with Crippen molar-refractivity contribution in [1.29, 1.82) is 0 Å². The molecule has 0 saturated carbocycles. The van der Waals surface area contributed by atoms with Crippen LogP contribution in [0.5, 0.6) is 0 Å². The summed E-state index contributed by atoms with van der Waals surface area (Å²) in [5.41, 5.74) is 6.67. The molecule has 0 bridgehead atoms. The fraction of sp³-hybridized carbons (Fsp3) is 0.429. The number of anilines is 2. The zero-order chi connectivity index (χ0) is 13.9. The molecular formula is C14H20N6. The van der Waals surface area contributed by atoms with Crippen molar-refractivity contribution < 1.29 is 0 Å². The molecule has 2 aromatic rings. The number of nitrogens with two attached hydrogens (primary N) is 1. The van der Waals surface area contributed by atoms with Gasteiger partial charge in [0, 0.05) is 58.4 Å². The van der Waals surface area contributed by atoms with E-state index < -0.39 is 0 Å². The third-order valence-electron chi connectivity index (χ3n) is 3.73. The second-order valence-corrected chi connectivity index (χ2v) is 5.04. The Labute approximate surface area is 118 Å². The van der Waals surface area contributed by atoms with Gasteiger partial charge in [-0.25, -0.2) is 9.97 Å². The van der Waals surface area contributed by atoms with Gasteiger partial charge in [0.15, 0.2) is 0 Å². The summed E-state index contributed by atoms with van der Waals surface area (Å²) < 4.78 is 2.06. The molecule has 6 heteroatoms. The van der Waals surface area contributed by atoms with Crippen LogP contribution in [-0.4, -0.2) is 40.7 Å². The average molecular weight is 272 g/mol. The summed E-state index contributed by atoms with van der Waals surface area (Å²) >= 11 is 0. The number of aromatic nitrogens is 3. The molecule has 0 amide bonds. The monoisotopic (exact) mass is 272 g/mol. The lowest BCUT2D eigenvalue weighted by Crippen LogP contribution is -2.47. The summed E-state index contributed by atoms with van der Waals surface area (Å²) in [6.45, 7) is 4.39. The molecule has 0 radical (unpaired) electrons. The van der Waals surface area contributed by atoms with Crippen LogP contribution in [0.4, 0.5) is 11.8 Å². The number of hydrogen-bond donors (Lipinski definition) is 1. The van der Waals surface area contributed by atoms with Crippen molar-refractivity contribution in [3.63, 3.8) is 0 Å². The molecule has 1 aliphatic heterocycles. The second-order valence-electron chi connectivity index (χ2n) is 5.04. The second kappa shape index (κ2) is 5.50. The largest absolute Gasteiger partial charge is 0.353 e. The van der Waals surface area contributed by atoms with Crippen molar-refractivity contribution in [3.05, 3.63) is 36.3 Å². The van der Waals surface area contributed by atoms with Gasteiger partial charge in [0.25, 0.3) is 0 Å². The van der Waals surface area contributed by atoms with E-state index >= 15 is 0 Å². The van der Waals surface area contributed by atoms with E-state index in [9.17, 15) is 0 Å². The molecule has 3 rings (SSSR count). The fourth-order valence-electron chi connectivity index (χ4n) is 2.52. The number of rotatable bonds is 3. The van der Waals surface area contributed by atoms with Crippen molar-refractivity contribution in [2.45, 2.75) is 6.54 Å². The molecular weight excluding hydrogens is 252 g/mol. The van der Waals surface area contributed by atoms with E-state index in [2.05, 4.69) is 30.4 Å². The van der Waals surface area contributed by atoms with Crippen molar-refractivity contribution in [2.75, 3.05) is 36.0 Å². The normalized spacial score (nSPS) is 15.7. The van der Waals surface area contributed by atoms with Crippen molar-refractivity contribution in [1.82, 2.24) is 14.5 Å². The fourth-order valence-corrected chi connectivity index (χ4v) is 2.52. The summed E-state index contributed by atoms with van der Waals surface area (Å²) in [4.78, 5) is 13.5. The number of imidazole rings is 1. The third-order valence-corrected chi connectivity index (χ3v) is 3.73. The summed E-state index contributed by atoms with van der Waals surface area (Å²) in [5.74, 6) is 2.07. The standard InChI is InChI=1S/C14H20N6/c1-18-5-4-16-14(18)20-8-6-19(7-9-20)13-3-2-12(10-15)11-17-13/h2-5,11H,6-10,15H2,1H3. The van der Waals surface area contributed by atoms with Crippen LogP contribution in [-0.2, 0) is 13.6 Å². The van der Waals surface area contributed by atoms with Gasteiger partial charge in [-0.15, -0.1) is 0 Å². The minimum absolute atomic E-state index is 0.542. The molecule has 2 N–H and O–H groups in total. The highest BCUT2D eigenvalue weighted by molar-refractivity contribution is 5.43. The van der Waals surface area contributed by atoms with Crippen LogP contribution in [0.1, 0.15) is 5.56 Å². The van der Waals surface area contributed by atoms with Gasteiger partial charge in [0.1, 0.15) is 5.82 Å². The Morgan fingerprint density at radius 3 is 2.40 bits per heavy atom. The van der Waals surface area contributed by atoms with Gasteiger partial charge < -0.3 is 20.1 Å². The first-order valence-corrected chi connectivity index (χ1v) is 6.90. The van der Waals surface area contributed by atoms with Crippen LogP contribution < -0.4 is 15.5 Å². The molecule has 0 aliphatic carbocycles. The molecule has 1 fully saturated rings. The van der Waals surface area contributed by atoms with E-state index in [0.717, 1.165) is 43.5 Å². The molecule has 1 saturated heterocycles. The smallest absolute Gasteiger partial charge is 0.205 e. The molecule has 0 spiro atoms. The maximum Gasteiger partial charge on any atom is 0.205 e. The zero-order valence-corrected chi connectivity index (χ0v) is 11.7. The lowest BCUT2D eigenvalue weighted by Gasteiger charge is -2.35. The van der Waals surface area contributed by atoms with Crippen molar-refractivity contribution in [2.24, 2.45) is 12.8 Å². The Balaban J connectivity index is 1.64. The molecule has 6 nitrogen and oxygen atoms in total. The molecule has 0 unspecified atom stereocenters. The maximum absolute atomic E-state index is 5.60. The highest BCUT2D eigenvalue weighted by atomic mass is 15.4. The molecule has 0 aromatic carbocycles. The average Bonchev–Trinajstić information content (AvgIpc) is 2.94. The van der Waals surface area contributed by atoms with Crippen LogP contribution in [0.25, 0.3) is 0 Å². The van der Waals surface area contributed by atoms with E-state index in [1.165, 1.54) is 0 Å². The van der Waals surface area contributed by atoms with E-state index in [4.69, 9.17) is 5.73 Å². The van der Waals surface area contributed by atoms with Crippen molar-refractivity contribution >= 4 is 11.8 Å². The van der Waals surface area contributed by atoms with Crippen LogP contribution in [0.15, 0.2) is 30.7 Å². The number of aryl methyl sites for hydroxylation is 1. The Kier molecular flexibility index (Phi) is 3.56. The first kappa shape index (κ1) is 12.9. The van der Waals surface area contributed by atoms with E-state index in [-0.39, 0.29) is 0 Å². The van der Waals surface area contributed by atoms with Crippen molar-refractivity contribution in [3.8, 4) is 0 Å². The van der Waals surface area contributed by atoms with Gasteiger partial charge in [-0.1, -0.05) is 6.07 Å². The summed E-state index contributed by atoms with van der Waals surface area (Å²) in [6, 6.07) is 4.10. The predicted molar refractivity (Wildman–Crippen MR) is 79.8 cm³/mol. The first-order chi connectivity index (χ1) is 9.78. The van der Waals surface area contributed by atoms with Gasteiger partial charge in [-0.05, 0) is 11.6 Å². The lowest BCUT2D eigenvalue weighted by molar-refractivity contribution is 0.625. The van der Waals surface area contributed by atoms with E-state index in [0.29, 0.717) is 6.54 Å². The summed E-state index contributed by atoms with van der Waals surface area (Å²) in [6.07, 6.45) is 5.68. The predicted octanol–water partition coefficient (Wildman–Crippen LogP) is 0.600. The number of hydrogen-bond acceptors (Lipinski definition) is 5. The summed E-state index contributed by atoms with van der Waals surface area (Å²) in [5, 5.41) is 0. The molecule has 2 aromatic heterocycles. The minimum atomic E-state index is 0.542. The summed E-state index contributed by atoms with van der Waals surface area (Å²) in [7, 11) is 2.03. The van der Waals surface area contributed by atoms with Gasteiger partial charge in [-0.3, -0.25) is 0 Å². The van der Waals surface area contributed by atoms with Crippen LogP contribution in [0, 0.1) is 0 Å². The SMILES string of the molecule is Cn1ccnc1N1CCN(c2ccc(CN)cn2)CC1. The Hall–Kier alpha value is -2.08. The van der Waals surface area contributed by atoms with E-state index in [1.807, 2.05) is 31.7 Å². The zero-order valence-electron chi connectivity index (χ0n) is 11.7. The van der Waals surface area contributed by atoms with E-state index in [1.54, 1.807) is 0 Å². The lowest BCUT2D eigenvalue weighted by atomic mass is 10.2. The minimum Gasteiger partial charge on any atom is -0.353 e. The number of piperazine rings is 1. The van der Waals surface area contributed by atoms with Gasteiger partial charge in [0.2, 0.25) is 5.95 Å². The van der Waals surface area contributed by atoms with Gasteiger partial charge >= 0.3 is 0 Å². The quantitative estimate of drug-likeness (QED) is 0.886. The van der Waals surface area contributed by atoms with Crippen LogP contribution in [0.2, 0.25) is 0 Å². The Bertz CT molecular complexity index is 553. The third kappa shape index (κ3) is 2.46. The van der Waals surface area contributed by atoms with Gasteiger partial charge in [0.05, 0.1) is 0 Å². The number of pyridine rings is 1. The molecule has 1 aliphatic rings. The Morgan fingerprint density at radius 1 is 1.10 bits per heavy atom. The highest BCUT2D eigenvalue weighted by Crippen LogP contribution is 2.17. The number of nitrogens with zero attached hydrogens (tertiary/aromatic N) is 5. The maximum atomic E-state index is 5.60. The molecule has 3 heterocycles. The first-order valence-electron chi connectivity index (χ1n) is 6.90. The Morgan fingerprint density at radius 2 is 1.85 bits per heavy atom. The molecule has 20 heavy (non-hydrogen) atoms. The molecule has 106 valence electrons. The van der Waals surface area contributed by atoms with Gasteiger partial charge in [-0.2, -0.15) is 0 Å². The topological polar surface area (TPSA) is 63.2 Å². The highest BCUT2D eigenvalue weighted by Gasteiger charge is 2.20.